The second-order valence-corrected chi connectivity index (χ2v) is 6.38. The first-order valence-corrected chi connectivity index (χ1v) is 7.99. The highest BCUT2D eigenvalue weighted by Gasteiger charge is 2.48. The highest BCUT2D eigenvalue weighted by Crippen LogP contribution is 2.41. The summed E-state index contributed by atoms with van der Waals surface area (Å²) in [7, 11) is 0. The molecule has 112 valence electrons. The Bertz CT molecular complexity index is 396. The summed E-state index contributed by atoms with van der Waals surface area (Å²) >= 11 is 0. The lowest BCUT2D eigenvalue weighted by Gasteiger charge is -2.39. The Labute approximate surface area is 120 Å². The Morgan fingerprint density at radius 3 is 2.10 bits per heavy atom. The highest BCUT2D eigenvalue weighted by molar-refractivity contribution is 5.85. The molecule has 3 fully saturated rings. The smallest absolute Gasteiger partial charge is 0.319 e. The number of rotatable bonds is 1. The van der Waals surface area contributed by atoms with Gasteiger partial charge < -0.3 is 14.7 Å². The number of amides is 3. The molecule has 3 saturated heterocycles. The molecule has 0 unspecified atom stereocenters. The molecule has 3 amide bonds. The maximum Gasteiger partial charge on any atom is 0.319 e. The molecule has 0 bridgehead atoms. The van der Waals surface area contributed by atoms with Crippen LogP contribution < -0.4 is 0 Å². The molecule has 5 heteroatoms. The number of hydrogen-bond acceptors (Lipinski definition) is 2. The minimum atomic E-state index is -0.155. The monoisotopic (exact) mass is 279 g/mol. The van der Waals surface area contributed by atoms with Crippen molar-refractivity contribution in [3.8, 4) is 0 Å². The second kappa shape index (κ2) is 5.26. The molecule has 3 aliphatic rings. The van der Waals surface area contributed by atoms with Crippen LogP contribution in [0.1, 0.15) is 39.0 Å². The van der Waals surface area contributed by atoms with Crippen LogP contribution in [0.4, 0.5) is 4.79 Å². The van der Waals surface area contributed by atoms with E-state index in [9.17, 15) is 9.59 Å². The van der Waals surface area contributed by atoms with E-state index in [-0.39, 0.29) is 11.4 Å². The number of likely N-dealkylation sites (tertiary alicyclic amines) is 3. The molecule has 0 aromatic heterocycles. The van der Waals surface area contributed by atoms with Gasteiger partial charge in [-0.15, -0.1) is 0 Å². The van der Waals surface area contributed by atoms with E-state index in [0.717, 1.165) is 71.4 Å². The van der Waals surface area contributed by atoms with Gasteiger partial charge in [-0.3, -0.25) is 4.79 Å². The van der Waals surface area contributed by atoms with Crippen molar-refractivity contribution < 1.29 is 9.59 Å². The van der Waals surface area contributed by atoms with E-state index >= 15 is 0 Å². The van der Waals surface area contributed by atoms with E-state index in [1.54, 1.807) is 0 Å². The molecule has 3 rings (SSSR count). The Morgan fingerprint density at radius 1 is 1.00 bits per heavy atom. The fraction of sp³-hybridized carbons (Fsp3) is 0.867. The Hall–Kier alpha value is -1.26. The normalized spacial score (nSPS) is 25.9. The maximum absolute atomic E-state index is 12.5. The zero-order valence-corrected chi connectivity index (χ0v) is 12.4. The Morgan fingerprint density at radius 2 is 1.55 bits per heavy atom. The lowest BCUT2D eigenvalue weighted by atomic mass is 9.77. The summed E-state index contributed by atoms with van der Waals surface area (Å²) < 4.78 is 0. The van der Waals surface area contributed by atoms with Gasteiger partial charge in [0.25, 0.3) is 0 Å². The molecule has 0 saturated carbocycles. The second-order valence-electron chi connectivity index (χ2n) is 6.38. The number of carbonyl (C=O) groups is 2. The minimum absolute atomic E-state index is 0.155. The summed E-state index contributed by atoms with van der Waals surface area (Å²) in [5, 5.41) is 0. The first kappa shape index (κ1) is 13.7. The van der Waals surface area contributed by atoms with Crippen LogP contribution in [0.3, 0.4) is 0 Å². The van der Waals surface area contributed by atoms with Crippen molar-refractivity contribution >= 4 is 11.9 Å². The van der Waals surface area contributed by atoms with E-state index in [2.05, 4.69) is 0 Å². The summed E-state index contributed by atoms with van der Waals surface area (Å²) in [5.41, 5.74) is -0.155. The van der Waals surface area contributed by atoms with Gasteiger partial charge in [0.15, 0.2) is 0 Å². The summed E-state index contributed by atoms with van der Waals surface area (Å²) in [5.74, 6) is 0.327. The van der Waals surface area contributed by atoms with Crippen molar-refractivity contribution in [3.05, 3.63) is 0 Å². The average Bonchev–Trinajstić information content (AvgIpc) is 3.10. The molecule has 1 spiro atoms. The zero-order valence-electron chi connectivity index (χ0n) is 12.4. The van der Waals surface area contributed by atoms with E-state index in [1.165, 1.54) is 0 Å². The molecule has 0 radical (unpaired) electrons. The van der Waals surface area contributed by atoms with Crippen LogP contribution in [0.25, 0.3) is 0 Å². The number of carbonyl (C=O) groups excluding carboxylic acids is 2. The fourth-order valence-electron chi connectivity index (χ4n) is 3.89. The topological polar surface area (TPSA) is 43.9 Å². The third-order valence-electron chi connectivity index (χ3n) is 5.35. The standard InChI is InChI=1S/C15H25N3O2/c1-2-16-10-5-15(13(16)19)6-11-18(12-7-15)14(20)17-8-3-4-9-17/h2-12H2,1H3. The maximum atomic E-state index is 12.5. The predicted octanol–water partition coefficient (Wildman–Crippen LogP) is 1.54. The molecule has 0 aromatic carbocycles. The van der Waals surface area contributed by atoms with Gasteiger partial charge in [-0.2, -0.15) is 0 Å². The first-order valence-electron chi connectivity index (χ1n) is 7.99. The van der Waals surface area contributed by atoms with Gasteiger partial charge in [0, 0.05) is 39.3 Å². The summed E-state index contributed by atoms with van der Waals surface area (Å²) in [4.78, 5) is 30.7. The van der Waals surface area contributed by atoms with Crippen molar-refractivity contribution in [1.29, 1.82) is 0 Å². The number of hydrogen-bond donors (Lipinski definition) is 0. The molecule has 3 aliphatic heterocycles. The van der Waals surface area contributed by atoms with Gasteiger partial charge in [-0.05, 0) is 39.0 Å². The van der Waals surface area contributed by atoms with Crippen molar-refractivity contribution in [2.24, 2.45) is 5.41 Å². The van der Waals surface area contributed by atoms with Crippen molar-refractivity contribution in [2.75, 3.05) is 39.3 Å². The third kappa shape index (κ3) is 2.17. The summed E-state index contributed by atoms with van der Waals surface area (Å²) in [6, 6.07) is 0.190. The van der Waals surface area contributed by atoms with E-state index in [1.807, 2.05) is 21.6 Å². The number of nitrogens with zero attached hydrogens (tertiary/aromatic N) is 3. The van der Waals surface area contributed by atoms with Crippen LogP contribution in [-0.2, 0) is 4.79 Å². The van der Waals surface area contributed by atoms with Crippen LogP contribution in [0.15, 0.2) is 0 Å². The molecule has 0 aliphatic carbocycles. The van der Waals surface area contributed by atoms with Gasteiger partial charge >= 0.3 is 6.03 Å². The van der Waals surface area contributed by atoms with Gasteiger partial charge in [-0.25, -0.2) is 4.79 Å². The molecule has 0 N–H and O–H groups in total. The lowest BCUT2D eigenvalue weighted by molar-refractivity contribution is -0.137. The molecule has 0 atom stereocenters. The first-order chi connectivity index (χ1) is 9.66. The van der Waals surface area contributed by atoms with E-state index in [0.29, 0.717) is 5.91 Å². The molecule has 20 heavy (non-hydrogen) atoms. The van der Waals surface area contributed by atoms with Gasteiger partial charge in [0.2, 0.25) is 5.91 Å². The van der Waals surface area contributed by atoms with Gasteiger partial charge in [-0.1, -0.05) is 0 Å². The van der Waals surface area contributed by atoms with Crippen molar-refractivity contribution in [1.82, 2.24) is 14.7 Å². The van der Waals surface area contributed by atoms with Gasteiger partial charge in [0.05, 0.1) is 5.41 Å². The van der Waals surface area contributed by atoms with Crippen molar-refractivity contribution in [2.45, 2.75) is 39.0 Å². The summed E-state index contributed by atoms with van der Waals surface area (Å²) in [6.45, 7) is 7.07. The average molecular weight is 279 g/mol. The van der Waals surface area contributed by atoms with Crippen LogP contribution in [0.2, 0.25) is 0 Å². The molecule has 3 heterocycles. The molecule has 5 nitrogen and oxygen atoms in total. The minimum Gasteiger partial charge on any atom is -0.342 e. The molecule has 0 aromatic rings. The van der Waals surface area contributed by atoms with Crippen LogP contribution in [-0.4, -0.2) is 65.9 Å². The zero-order chi connectivity index (χ0) is 14.2. The van der Waals surface area contributed by atoms with E-state index < -0.39 is 0 Å². The molecular formula is C15H25N3O2. The number of piperidine rings is 1. The van der Waals surface area contributed by atoms with Crippen LogP contribution in [0, 0.1) is 5.41 Å². The number of urea groups is 1. The summed E-state index contributed by atoms with van der Waals surface area (Å²) in [6.07, 6.45) is 4.94. The largest absolute Gasteiger partial charge is 0.342 e. The Kier molecular flexibility index (Phi) is 3.61. The SMILES string of the molecule is CCN1CCC2(CCN(C(=O)N3CCCC3)CC2)C1=O. The fourth-order valence-corrected chi connectivity index (χ4v) is 3.89. The predicted molar refractivity (Wildman–Crippen MR) is 76.3 cm³/mol. The lowest BCUT2D eigenvalue weighted by Crippen LogP contribution is -2.50. The Balaban J connectivity index is 1.59. The van der Waals surface area contributed by atoms with Crippen LogP contribution >= 0.6 is 0 Å². The van der Waals surface area contributed by atoms with Gasteiger partial charge in [0.1, 0.15) is 0 Å². The quantitative estimate of drug-likeness (QED) is 0.731. The van der Waals surface area contributed by atoms with Crippen molar-refractivity contribution in [3.63, 3.8) is 0 Å². The van der Waals surface area contributed by atoms with E-state index in [4.69, 9.17) is 0 Å². The third-order valence-corrected chi connectivity index (χ3v) is 5.35. The highest BCUT2D eigenvalue weighted by atomic mass is 16.2. The molecular weight excluding hydrogens is 254 g/mol. The van der Waals surface area contributed by atoms with Crippen LogP contribution in [0.5, 0.6) is 0 Å².